The third kappa shape index (κ3) is 4.19. The largest absolute Gasteiger partial charge is 0.383 e. The number of carbonyl (C=O) groups excluding carboxylic acids is 2. The number of pyridine rings is 1. The van der Waals surface area contributed by atoms with Crippen molar-refractivity contribution in [3.63, 3.8) is 0 Å². The zero-order valence-corrected chi connectivity index (χ0v) is 23.3. The fourth-order valence-corrected chi connectivity index (χ4v) is 6.32. The second-order valence-electron chi connectivity index (χ2n) is 10.6. The van der Waals surface area contributed by atoms with Crippen molar-refractivity contribution in [2.24, 2.45) is 5.92 Å². The topological polar surface area (TPSA) is 119 Å². The Balaban J connectivity index is 1.23. The minimum Gasteiger partial charge on any atom is -0.383 e. The summed E-state index contributed by atoms with van der Waals surface area (Å²) in [4.78, 5) is 42.0. The molecule has 0 spiro atoms. The van der Waals surface area contributed by atoms with Gasteiger partial charge in [-0.1, -0.05) is 42.0 Å². The lowest BCUT2D eigenvalue weighted by atomic mass is 10.0. The summed E-state index contributed by atoms with van der Waals surface area (Å²) in [5, 5.41) is 4.49. The number of nitrogens with two attached hydrogens (primary N) is 1. The average Bonchev–Trinajstić information content (AvgIpc) is 3.48. The molecular weight excluding hydrogens is 570 g/mol. The molecule has 1 saturated heterocycles. The van der Waals surface area contributed by atoms with Crippen molar-refractivity contribution in [2.75, 3.05) is 11.1 Å². The number of aryl methyl sites for hydroxylation is 1. The summed E-state index contributed by atoms with van der Waals surface area (Å²) in [6, 6.07) is 19.4. The van der Waals surface area contributed by atoms with Gasteiger partial charge in [0.2, 0.25) is 11.8 Å². The van der Waals surface area contributed by atoms with Gasteiger partial charge < -0.3 is 20.5 Å². The molecule has 200 valence electrons. The number of nitrogen functional groups attached to an aromatic ring is 1. The Morgan fingerprint density at radius 3 is 2.65 bits per heavy atom. The first-order valence-electron chi connectivity index (χ1n) is 13.2. The lowest BCUT2D eigenvalue weighted by molar-refractivity contribution is -0.138. The number of anilines is 2. The molecule has 5 aromatic rings. The zero-order chi connectivity index (χ0) is 27.5. The summed E-state index contributed by atoms with van der Waals surface area (Å²) in [6.45, 7) is 2.11. The Kier molecular flexibility index (Phi) is 5.81. The molecular formula is C30H26BrN7O2. The Morgan fingerprint density at radius 2 is 1.85 bits per heavy atom. The van der Waals surface area contributed by atoms with E-state index in [0.29, 0.717) is 34.2 Å². The number of aromatic nitrogens is 4. The molecule has 10 heteroatoms. The van der Waals surface area contributed by atoms with Crippen LogP contribution < -0.4 is 11.1 Å². The highest BCUT2D eigenvalue weighted by Gasteiger charge is 2.56. The summed E-state index contributed by atoms with van der Waals surface area (Å²) in [7, 11) is 0. The number of piperidine rings is 1. The number of fused-ring (bicyclic) bond motifs is 4. The predicted molar refractivity (Wildman–Crippen MR) is 157 cm³/mol. The van der Waals surface area contributed by atoms with Crippen LogP contribution >= 0.6 is 15.9 Å². The molecule has 3 aromatic heterocycles. The molecule has 0 bridgehead atoms. The Bertz CT molecular complexity index is 1820. The van der Waals surface area contributed by atoms with Crippen LogP contribution in [0.15, 0.2) is 71.6 Å². The predicted octanol–water partition coefficient (Wildman–Crippen LogP) is 4.93. The average molecular weight is 596 g/mol. The number of nitrogens with zero attached hydrogens (tertiary/aromatic N) is 5. The number of nitrogens with one attached hydrogen (secondary N) is 1. The van der Waals surface area contributed by atoms with Crippen LogP contribution in [-0.2, 0) is 16.1 Å². The van der Waals surface area contributed by atoms with Gasteiger partial charge in [-0.25, -0.2) is 15.0 Å². The van der Waals surface area contributed by atoms with Gasteiger partial charge in [0.25, 0.3) is 0 Å². The second kappa shape index (κ2) is 9.41. The number of benzene rings is 2. The number of amides is 2. The van der Waals surface area contributed by atoms with Crippen molar-refractivity contribution in [3.8, 4) is 11.1 Å². The first-order chi connectivity index (χ1) is 19.4. The van der Waals surface area contributed by atoms with Gasteiger partial charge in [0.1, 0.15) is 40.8 Å². The van der Waals surface area contributed by atoms with Crippen molar-refractivity contribution in [3.05, 3.63) is 77.2 Å². The molecule has 40 heavy (non-hydrogen) atoms. The van der Waals surface area contributed by atoms with E-state index < -0.39 is 6.04 Å². The van der Waals surface area contributed by atoms with E-state index in [1.54, 1.807) is 17.0 Å². The van der Waals surface area contributed by atoms with E-state index in [1.165, 1.54) is 11.9 Å². The number of hydrogen-bond donors (Lipinski definition) is 2. The zero-order valence-electron chi connectivity index (χ0n) is 21.7. The van der Waals surface area contributed by atoms with E-state index >= 15 is 0 Å². The van der Waals surface area contributed by atoms with Crippen LogP contribution in [0.2, 0.25) is 0 Å². The molecule has 0 unspecified atom stereocenters. The van der Waals surface area contributed by atoms with Crippen LogP contribution in [0.1, 0.15) is 18.4 Å². The van der Waals surface area contributed by atoms with Crippen molar-refractivity contribution in [1.82, 2.24) is 24.4 Å². The van der Waals surface area contributed by atoms with Crippen LogP contribution in [-0.4, -0.2) is 48.3 Å². The van der Waals surface area contributed by atoms with Crippen molar-refractivity contribution in [2.45, 2.75) is 38.4 Å². The van der Waals surface area contributed by atoms with Gasteiger partial charge in [-0.05, 0) is 77.0 Å². The molecule has 0 radical (unpaired) electrons. The summed E-state index contributed by atoms with van der Waals surface area (Å²) in [5.41, 5.74) is 11.1. The summed E-state index contributed by atoms with van der Waals surface area (Å²) >= 11 is 3.34. The highest BCUT2D eigenvalue weighted by molar-refractivity contribution is 9.10. The smallest absolute Gasteiger partial charge is 0.248 e. The third-order valence-electron chi connectivity index (χ3n) is 8.01. The fraction of sp³-hybridized carbons (Fsp3) is 0.233. The summed E-state index contributed by atoms with van der Waals surface area (Å²) < 4.78 is 2.52. The molecule has 9 nitrogen and oxygen atoms in total. The van der Waals surface area contributed by atoms with Gasteiger partial charge >= 0.3 is 0 Å². The van der Waals surface area contributed by atoms with Crippen molar-refractivity contribution < 1.29 is 9.59 Å². The lowest BCUT2D eigenvalue weighted by Crippen LogP contribution is -2.46. The molecule has 2 aliphatic rings. The van der Waals surface area contributed by atoms with E-state index in [0.717, 1.165) is 33.8 Å². The summed E-state index contributed by atoms with van der Waals surface area (Å²) in [5.74, 6) is 0.827. The van der Waals surface area contributed by atoms with Gasteiger partial charge in [-0.15, -0.1) is 0 Å². The van der Waals surface area contributed by atoms with Crippen molar-refractivity contribution in [1.29, 1.82) is 0 Å². The number of carbonyl (C=O) groups is 2. The quantitative estimate of drug-likeness (QED) is 0.278. The van der Waals surface area contributed by atoms with E-state index in [1.807, 2.05) is 22.8 Å². The van der Waals surface area contributed by atoms with Gasteiger partial charge in [0, 0.05) is 11.4 Å². The number of rotatable bonds is 5. The summed E-state index contributed by atoms with van der Waals surface area (Å²) in [6.07, 6.45) is 3.00. The van der Waals surface area contributed by atoms with Crippen molar-refractivity contribution >= 4 is 61.3 Å². The van der Waals surface area contributed by atoms with Crippen LogP contribution in [0.25, 0.3) is 33.1 Å². The molecule has 2 fully saturated rings. The van der Waals surface area contributed by atoms with E-state index in [-0.39, 0.29) is 24.4 Å². The van der Waals surface area contributed by atoms with E-state index in [2.05, 4.69) is 73.5 Å². The maximum absolute atomic E-state index is 13.9. The molecule has 2 amide bonds. The number of likely N-dealkylation sites (tertiary alicyclic amines) is 1. The van der Waals surface area contributed by atoms with E-state index in [9.17, 15) is 9.59 Å². The van der Waals surface area contributed by atoms with Gasteiger partial charge in [-0.3, -0.25) is 9.59 Å². The Morgan fingerprint density at radius 1 is 1.05 bits per heavy atom. The first-order valence-corrected chi connectivity index (χ1v) is 14.0. The maximum atomic E-state index is 13.9. The molecule has 3 N–H and O–H groups in total. The number of hydrogen-bond acceptors (Lipinski definition) is 6. The fourth-order valence-electron chi connectivity index (χ4n) is 5.98. The van der Waals surface area contributed by atoms with Crippen LogP contribution in [0.5, 0.6) is 0 Å². The molecule has 1 aliphatic carbocycles. The molecule has 7 rings (SSSR count). The van der Waals surface area contributed by atoms with Gasteiger partial charge in [0.05, 0.1) is 10.9 Å². The standard InChI is InChI=1S/C30H26BrN7O2/c1-16-5-7-17(8-6-16)18-9-10-21-20(11-18)27-28(32)33-15-34-29(27)37(21)14-26(39)38-22-12-19(22)13-23(38)30(40)36-25-4-2-3-24(31)35-25/h2-11,15,19,22-23H,12-14H2,1H3,(H2,32,33,34)(H,35,36,40)/t19-,22-,23+/m1/s1. The molecule has 1 aliphatic heterocycles. The van der Waals surface area contributed by atoms with Gasteiger partial charge in [-0.2, -0.15) is 0 Å². The Hall–Kier alpha value is -4.31. The monoisotopic (exact) mass is 595 g/mol. The Labute approximate surface area is 238 Å². The molecule has 2 aromatic carbocycles. The minimum absolute atomic E-state index is 0.0441. The van der Waals surface area contributed by atoms with E-state index in [4.69, 9.17) is 5.73 Å². The SMILES string of the molecule is Cc1ccc(-c2ccc3c(c2)c2c(N)ncnc2n3CC(=O)N2[C@@H]3C[C@@H]3C[C@H]2C(=O)Nc2cccc(Br)n2)cc1. The molecule has 3 atom stereocenters. The molecule has 4 heterocycles. The number of halogens is 1. The minimum atomic E-state index is -0.544. The highest BCUT2D eigenvalue weighted by Crippen LogP contribution is 2.48. The third-order valence-corrected chi connectivity index (χ3v) is 8.45. The lowest BCUT2D eigenvalue weighted by Gasteiger charge is -2.27. The van der Waals surface area contributed by atoms with Crippen LogP contribution in [0.4, 0.5) is 11.6 Å². The molecule has 1 saturated carbocycles. The highest BCUT2D eigenvalue weighted by atomic mass is 79.9. The van der Waals surface area contributed by atoms with Gasteiger partial charge in [0.15, 0.2) is 0 Å². The normalized spacial score (nSPS) is 19.6. The van der Waals surface area contributed by atoms with Crippen LogP contribution in [0.3, 0.4) is 0 Å². The maximum Gasteiger partial charge on any atom is 0.248 e. The first kappa shape index (κ1) is 24.7. The second-order valence-corrected chi connectivity index (χ2v) is 11.4. The van der Waals surface area contributed by atoms with Crippen LogP contribution in [0, 0.1) is 12.8 Å².